The van der Waals surface area contributed by atoms with Crippen LogP contribution in [0.1, 0.15) is 24.2 Å². The van der Waals surface area contributed by atoms with Crippen LogP contribution < -0.4 is 0 Å². The van der Waals surface area contributed by atoms with E-state index in [4.69, 9.17) is 4.74 Å². The number of carbonyl (C=O) groups is 1. The van der Waals surface area contributed by atoms with Gasteiger partial charge in [-0.15, -0.1) is 0 Å². The number of phenolic OH excluding ortho intramolecular Hbond substituents is 1. The van der Waals surface area contributed by atoms with E-state index in [1.165, 1.54) is 0 Å². The Morgan fingerprint density at radius 3 is 2.53 bits per heavy atom. The molecule has 0 spiro atoms. The molecule has 0 aliphatic carbocycles. The second kappa shape index (κ2) is 5.33. The molecule has 0 fully saturated rings. The zero-order valence-electron chi connectivity index (χ0n) is 8.25. The van der Waals surface area contributed by atoms with Crippen LogP contribution in [0.3, 0.4) is 0 Å². The van der Waals surface area contributed by atoms with Gasteiger partial charge in [-0.1, -0.05) is 0 Å². The minimum atomic E-state index is -0.487. The molecular weight excluding hydrogens is 422 g/mol. The average molecular weight is 432 g/mol. The maximum atomic E-state index is 11.6. The summed E-state index contributed by atoms with van der Waals surface area (Å²) < 4.78 is 6.56. The molecule has 82 valence electrons. The third kappa shape index (κ3) is 3.47. The fraction of sp³-hybridized carbons (Fsp3) is 0.300. The van der Waals surface area contributed by atoms with Gasteiger partial charge < -0.3 is 9.84 Å². The highest BCUT2D eigenvalue weighted by Crippen LogP contribution is 2.27. The van der Waals surface area contributed by atoms with Crippen molar-refractivity contribution in [1.29, 1.82) is 0 Å². The predicted octanol–water partition coefficient (Wildman–Crippen LogP) is 3.17. The summed E-state index contributed by atoms with van der Waals surface area (Å²) in [6.07, 6.45) is -0.188. The molecule has 1 N–H and O–H groups in total. The van der Waals surface area contributed by atoms with Crippen LogP contribution in [0.15, 0.2) is 12.1 Å². The number of hydrogen-bond donors (Lipinski definition) is 1. The van der Waals surface area contributed by atoms with Crippen molar-refractivity contribution in [3.05, 3.63) is 24.8 Å². The van der Waals surface area contributed by atoms with Gasteiger partial charge in [-0.3, -0.25) is 0 Å². The van der Waals surface area contributed by atoms with Gasteiger partial charge in [0.1, 0.15) is 11.3 Å². The lowest BCUT2D eigenvalue weighted by atomic mass is 10.2. The molecule has 1 aromatic rings. The van der Waals surface area contributed by atoms with Crippen molar-refractivity contribution in [2.45, 2.75) is 20.0 Å². The van der Waals surface area contributed by atoms with Gasteiger partial charge in [-0.05, 0) is 71.2 Å². The normalized spacial score (nSPS) is 10.5. The molecule has 0 aliphatic heterocycles. The standard InChI is InChI=1S/C10H10I2O3/c1-5(2)15-10(14)7-3-6(11)4-8(12)9(7)13/h3-5,13H,1-2H3. The molecule has 1 aromatic carbocycles. The molecule has 0 heterocycles. The van der Waals surface area contributed by atoms with E-state index in [2.05, 4.69) is 22.6 Å². The Morgan fingerprint density at radius 1 is 1.40 bits per heavy atom. The van der Waals surface area contributed by atoms with E-state index < -0.39 is 5.97 Å². The third-order valence-corrected chi connectivity index (χ3v) is 3.04. The van der Waals surface area contributed by atoms with Crippen LogP contribution in [0, 0.1) is 7.14 Å². The van der Waals surface area contributed by atoms with Crippen LogP contribution >= 0.6 is 45.2 Å². The van der Waals surface area contributed by atoms with Crippen LogP contribution in [-0.4, -0.2) is 17.2 Å². The molecule has 0 saturated heterocycles. The number of ether oxygens (including phenoxy) is 1. The van der Waals surface area contributed by atoms with E-state index in [0.717, 1.165) is 3.57 Å². The summed E-state index contributed by atoms with van der Waals surface area (Å²) in [5.74, 6) is -0.499. The minimum Gasteiger partial charge on any atom is -0.506 e. The highest BCUT2D eigenvalue weighted by molar-refractivity contribution is 14.1. The number of esters is 1. The zero-order chi connectivity index (χ0) is 11.6. The number of aromatic hydroxyl groups is 1. The summed E-state index contributed by atoms with van der Waals surface area (Å²) in [5.41, 5.74) is 0.222. The number of hydrogen-bond acceptors (Lipinski definition) is 3. The summed E-state index contributed by atoms with van der Waals surface area (Å²) in [6.45, 7) is 3.54. The lowest BCUT2D eigenvalue weighted by molar-refractivity contribution is 0.0374. The monoisotopic (exact) mass is 432 g/mol. The van der Waals surface area contributed by atoms with E-state index in [9.17, 15) is 9.90 Å². The molecule has 0 atom stereocenters. The van der Waals surface area contributed by atoms with Crippen LogP contribution in [0.5, 0.6) is 5.75 Å². The molecule has 0 bridgehead atoms. The van der Waals surface area contributed by atoms with Gasteiger partial charge in [0.15, 0.2) is 0 Å². The van der Waals surface area contributed by atoms with E-state index >= 15 is 0 Å². The van der Waals surface area contributed by atoms with Gasteiger partial charge in [-0.25, -0.2) is 4.79 Å². The number of benzene rings is 1. The van der Waals surface area contributed by atoms with E-state index in [0.29, 0.717) is 3.57 Å². The molecule has 0 unspecified atom stereocenters. The van der Waals surface area contributed by atoms with Gasteiger partial charge in [-0.2, -0.15) is 0 Å². The number of carbonyl (C=O) groups excluding carboxylic acids is 1. The van der Waals surface area contributed by atoms with Crippen LogP contribution in [0.25, 0.3) is 0 Å². The van der Waals surface area contributed by atoms with Crippen LogP contribution in [-0.2, 0) is 4.74 Å². The largest absolute Gasteiger partial charge is 0.506 e. The van der Waals surface area contributed by atoms with Gasteiger partial charge in [0.05, 0.1) is 9.67 Å². The molecule has 0 aromatic heterocycles. The molecule has 1 rings (SSSR count). The molecule has 15 heavy (non-hydrogen) atoms. The predicted molar refractivity (Wildman–Crippen MR) is 74.1 cm³/mol. The Kier molecular flexibility index (Phi) is 4.63. The van der Waals surface area contributed by atoms with Crippen molar-refractivity contribution in [2.24, 2.45) is 0 Å². The number of halogens is 2. The summed E-state index contributed by atoms with van der Waals surface area (Å²) in [7, 11) is 0. The van der Waals surface area contributed by atoms with Crippen molar-refractivity contribution < 1.29 is 14.6 Å². The van der Waals surface area contributed by atoms with Crippen LogP contribution in [0.2, 0.25) is 0 Å². The molecule has 0 amide bonds. The van der Waals surface area contributed by atoms with Gasteiger partial charge >= 0.3 is 5.97 Å². The summed E-state index contributed by atoms with van der Waals surface area (Å²) in [5, 5.41) is 9.69. The van der Waals surface area contributed by atoms with E-state index in [1.807, 2.05) is 22.6 Å². The molecule has 0 saturated carbocycles. The van der Waals surface area contributed by atoms with Gasteiger partial charge in [0, 0.05) is 3.57 Å². The van der Waals surface area contributed by atoms with Gasteiger partial charge in [0.2, 0.25) is 0 Å². The molecule has 0 radical (unpaired) electrons. The Balaban J connectivity index is 3.08. The third-order valence-electron chi connectivity index (χ3n) is 1.59. The maximum absolute atomic E-state index is 11.6. The lowest BCUT2D eigenvalue weighted by Gasteiger charge is -2.10. The number of rotatable bonds is 2. The second-order valence-electron chi connectivity index (χ2n) is 3.24. The first kappa shape index (κ1) is 13.0. The summed E-state index contributed by atoms with van der Waals surface area (Å²) in [6, 6.07) is 3.41. The molecule has 3 nitrogen and oxygen atoms in total. The quantitative estimate of drug-likeness (QED) is 0.578. The fourth-order valence-electron chi connectivity index (χ4n) is 0.999. The molecule has 5 heteroatoms. The highest BCUT2D eigenvalue weighted by Gasteiger charge is 2.17. The first-order valence-corrected chi connectivity index (χ1v) is 6.46. The maximum Gasteiger partial charge on any atom is 0.342 e. The second-order valence-corrected chi connectivity index (χ2v) is 5.65. The molecule has 0 aliphatic rings. The smallest absolute Gasteiger partial charge is 0.342 e. The van der Waals surface area contributed by atoms with E-state index in [1.54, 1.807) is 26.0 Å². The Bertz CT molecular complexity index is 388. The fourth-order valence-corrected chi connectivity index (χ4v) is 2.84. The summed E-state index contributed by atoms with van der Waals surface area (Å²) in [4.78, 5) is 11.6. The Labute approximate surface area is 115 Å². The zero-order valence-corrected chi connectivity index (χ0v) is 12.6. The highest BCUT2D eigenvalue weighted by atomic mass is 127. The first-order chi connectivity index (χ1) is 6.91. The van der Waals surface area contributed by atoms with Crippen molar-refractivity contribution in [3.63, 3.8) is 0 Å². The van der Waals surface area contributed by atoms with Crippen molar-refractivity contribution in [2.75, 3.05) is 0 Å². The topological polar surface area (TPSA) is 46.5 Å². The summed E-state index contributed by atoms with van der Waals surface area (Å²) >= 11 is 4.07. The minimum absolute atomic E-state index is 0.0123. The van der Waals surface area contributed by atoms with E-state index in [-0.39, 0.29) is 17.4 Å². The van der Waals surface area contributed by atoms with Crippen LogP contribution in [0.4, 0.5) is 0 Å². The molecular formula is C10H10I2O3. The lowest BCUT2D eigenvalue weighted by Crippen LogP contribution is -2.12. The SMILES string of the molecule is CC(C)OC(=O)c1cc(I)cc(I)c1O. The average Bonchev–Trinajstić information content (AvgIpc) is 2.09. The van der Waals surface area contributed by atoms with Crippen molar-refractivity contribution in [1.82, 2.24) is 0 Å². The first-order valence-electron chi connectivity index (χ1n) is 4.30. The van der Waals surface area contributed by atoms with Gasteiger partial charge in [0.25, 0.3) is 0 Å². The van der Waals surface area contributed by atoms with Crippen molar-refractivity contribution >= 4 is 51.2 Å². The van der Waals surface area contributed by atoms with Crippen molar-refractivity contribution in [3.8, 4) is 5.75 Å². The Morgan fingerprint density at radius 2 is 2.00 bits per heavy atom. The number of phenols is 1. The Hall–Kier alpha value is -0.0500.